The van der Waals surface area contributed by atoms with Crippen molar-refractivity contribution in [3.05, 3.63) is 30.3 Å². The van der Waals surface area contributed by atoms with Gasteiger partial charge in [0.25, 0.3) is 0 Å². The van der Waals surface area contributed by atoms with Gasteiger partial charge in [-0.1, -0.05) is 0 Å². The van der Waals surface area contributed by atoms with E-state index in [0.717, 1.165) is 0 Å². The zero-order chi connectivity index (χ0) is 13.9. The third kappa shape index (κ3) is 3.69. The number of benzene rings is 1. The Kier molecular flexibility index (Phi) is 3.71. The van der Waals surface area contributed by atoms with E-state index in [-0.39, 0.29) is 18.0 Å². The van der Waals surface area contributed by atoms with Crippen LogP contribution in [0.2, 0.25) is 0 Å². The fraction of sp³-hybridized carbons (Fsp3) is 0.222. The maximum absolute atomic E-state index is 13.5. The van der Waals surface area contributed by atoms with Gasteiger partial charge in [0.15, 0.2) is 0 Å². The quantitative estimate of drug-likeness (QED) is 0.765. The Labute approximate surface area is 108 Å². The van der Waals surface area contributed by atoms with Gasteiger partial charge in [-0.2, -0.15) is 0 Å². The van der Waals surface area contributed by atoms with Crippen LogP contribution in [0.25, 0.3) is 5.69 Å². The summed E-state index contributed by atoms with van der Waals surface area (Å²) in [5.41, 5.74) is 0.696. The van der Waals surface area contributed by atoms with Crippen LogP contribution in [0, 0.1) is 5.82 Å². The summed E-state index contributed by atoms with van der Waals surface area (Å²) in [4.78, 5) is 0. The predicted octanol–water partition coefficient (Wildman–Crippen LogP) is -0.498. The van der Waals surface area contributed by atoms with Crippen molar-refractivity contribution in [3.63, 3.8) is 0 Å². The van der Waals surface area contributed by atoms with Gasteiger partial charge in [-0.05, 0) is 28.6 Å². The summed E-state index contributed by atoms with van der Waals surface area (Å²) in [5.74, 6) is -0.798. The average molecular weight is 286 g/mol. The SMILES string of the molecule is NS(=O)(=O)CCNc1cc(-n2cnnn2)ccc1F. The summed E-state index contributed by atoms with van der Waals surface area (Å²) in [5, 5.41) is 18.1. The first kappa shape index (κ1) is 13.4. The third-order valence-electron chi connectivity index (χ3n) is 2.27. The molecule has 0 amide bonds. The predicted molar refractivity (Wildman–Crippen MR) is 65.6 cm³/mol. The fourth-order valence-corrected chi connectivity index (χ4v) is 1.79. The Balaban J connectivity index is 2.14. The van der Waals surface area contributed by atoms with Gasteiger partial charge in [-0.15, -0.1) is 5.10 Å². The summed E-state index contributed by atoms with van der Waals surface area (Å²) < 4.78 is 36.4. The Bertz CT molecular complexity index is 657. The Morgan fingerprint density at radius 1 is 1.42 bits per heavy atom. The fourth-order valence-electron chi connectivity index (χ4n) is 1.40. The molecule has 102 valence electrons. The molecule has 0 unspecified atom stereocenters. The molecule has 0 saturated heterocycles. The number of hydrogen-bond donors (Lipinski definition) is 2. The van der Waals surface area contributed by atoms with Gasteiger partial charge in [0.05, 0.1) is 17.1 Å². The van der Waals surface area contributed by atoms with E-state index in [1.807, 2.05) is 0 Å². The molecule has 0 aliphatic heterocycles. The molecule has 0 radical (unpaired) electrons. The summed E-state index contributed by atoms with van der Waals surface area (Å²) in [6.45, 7) is 0.00874. The standard InChI is InChI=1S/C9H11FN6O2S/c10-8-2-1-7(16-6-13-14-15-16)5-9(8)12-3-4-19(11,17)18/h1-2,5-6,12H,3-4H2,(H2,11,17,18). The molecule has 19 heavy (non-hydrogen) atoms. The molecule has 3 N–H and O–H groups in total. The molecule has 2 aromatic rings. The molecule has 0 fully saturated rings. The van der Waals surface area contributed by atoms with E-state index in [9.17, 15) is 12.8 Å². The van der Waals surface area contributed by atoms with Crippen molar-refractivity contribution in [2.75, 3.05) is 17.6 Å². The number of sulfonamides is 1. The third-order valence-corrected chi connectivity index (χ3v) is 3.04. The van der Waals surface area contributed by atoms with Gasteiger partial charge < -0.3 is 5.32 Å². The van der Waals surface area contributed by atoms with Crippen LogP contribution >= 0.6 is 0 Å². The van der Waals surface area contributed by atoms with Crippen LogP contribution in [-0.2, 0) is 10.0 Å². The zero-order valence-electron chi connectivity index (χ0n) is 9.69. The van der Waals surface area contributed by atoms with Gasteiger partial charge in [0.1, 0.15) is 12.1 Å². The number of nitrogens with one attached hydrogen (secondary N) is 1. The highest BCUT2D eigenvalue weighted by atomic mass is 32.2. The topological polar surface area (TPSA) is 116 Å². The Hall–Kier alpha value is -2.07. The van der Waals surface area contributed by atoms with Crippen LogP contribution in [0.3, 0.4) is 0 Å². The smallest absolute Gasteiger partial charge is 0.210 e. The molecule has 0 saturated carbocycles. The van der Waals surface area contributed by atoms with Crippen LogP contribution < -0.4 is 10.5 Å². The van der Waals surface area contributed by atoms with Crippen molar-refractivity contribution in [1.82, 2.24) is 20.2 Å². The number of nitrogens with two attached hydrogens (primary N) is 1. The minimum absolute atomic E-state index is 0.00874. The Morgan fingerprint density at radius 3 is 2.84 bits per heavy atom. The normalized spacial score (nSPS) is 11.5. The highest BCUT2D eigenvalue weighted by Gasteiger charge is 2.07. The lowest BCUT2D eigenvalue weighted by Gasteiger charge is -2.08. The molecule has 0 aliphatic carbocycles. The van der Waals surface area contributed by atoms with Gasteiger partial charge >= 0.3 is 0 Å². The first-order chi connectivity index (χ1) is 8.96. The second-order valence-corrected chi connectivity index (χ2v) is 5.45. The summed E-state index contributed by atoms with van der Waals surface area (Å²) in [7, 11) is -3.58. The zero-order valence-corrected chi connectivity index (χ0v) is 10.5. The molecular formula is C9H11FN6O2S. The average Bonchev–Trinajstić information content (AvgIpc) is 2.83. The largest absolute Gasteiger partial charge is 0.382 e. The van der Waals surface area contributed by atoms with Crippen molar-refractivity contribution in [2.24, 2.45) is 5.14 Å². The van der Waals surface area contributed by atoms with E-state index >= 15 is 0 Å². The van der Waals surface area contributed by atoms with Gasteiger partial charge in [-0.25, -0.2) is 22.6 Å². The van der Waals surface area contributed by atoms with E-state index in [1.165, 1.54) is 29.2 Å². The first-order valence-electron chi connectivity index (χ1n) is 5.23. The lowest BCUT2D eigenvalue weighted by Crippen LogP contribution is -2.22. The van der Waals surface area contributed by atoms with Crippen molar-refractivity contribution in [1.29, 1.82) is 0 Å². The molecular weight excluding hydrogens is 275 g/mol. The number of primary sulfonamides is 1. The van der Waals surface area contributed by atoms with E-state index < -0.39 is 15.8 Å². The summed E-state index contributed by atoms with van der Waals surface area (Å²) >= 11 is 0. The molecule has 1 aromatic carbocycles. The molecule has 1 heterocycles. The van der Waals surface area contributed by atoms with E-state index in [1.54, 1.807) is 0 Å². The Morgan fingerprint density at radius 2 is 2.21 bits per heavy atom. The molecule has 8 nitrogen and oxygen atoms in total. The monoisotopic (exact) mass is 286 g/mol. The maximum atomic E-state index is 13.5. The van der Waals surface area contributed by atoms with Gasteiger partial charge in [-0.3, -0.25) is 0 Å². The van der Waals surface area contributed by atoms with Crippen molar-refractivity contribution >= 4 is 15.7 Å². The number of rotatable bonds is 5. The van der Waals surface area contributed by atoms with Gasteiger partial charge in [0, 0.05) is 6.54 Å². The first-order valence-corrected chi connectivity index (χ1v) is 6.94. The molecule has 0 aliphatic rings. The van der Waals surface area contributed by atoms with Crippen LogP contribution in [0.4, 0.5) is 10.1 Å². The minimum Gasteiger partial charge on any atom is -0.382 e. The summed E-state index contributed by atoms with van der Waals surface area (Å²) in [6.07, 6.45) is 1.36. The van der Waals surface area contributed by atoms with Crippen LogP contribution in [-0.4, -0.2) is 40.9 Å². The second-order valence-electron chi connectivity index (χ2n) is 3.71. The number of aromatic nitrogens is 4. The number of tetrazole rings is 1. The highest BCUT2D eigenvalue weighted by molar-refractivity contribution is 7.89. The molecule has 0 bridgehead atoms. The van der Waals surface area contributed by atoms with E-state index in [4.69, 9.17) is 5.14 Å². The van der Waals surface area contributed by atoms with Crippen LogP contribution in [0.5, 0.6) is 0 Å². The molecule has 0 spiro atoms. The van der Waals surface area contributed by atoms with Crippen LogP contribution in [0.1, 0.15) is 0 Å². The minimum atomic E-state index is -3.58. The number of anilines is 1. The lowest BCUT2D eigenvalue weighted by atomic mass is 10.2. The van der Waals surface area contributed by atoms with E-state index in [2.05, 4.69) is 20.8 Å². The van der Waals surface area contributed by atoms with Crippen molar-refractivity contribution in [2.45, 2.75) is 0 Å². The van der Waals surface area contributed by atoms with Crippen LogP contribution in [0.15, 0.2) is 24.5 Å². The van der Waals surface area contributed by atoms with E-state index in [0.29, 0.717) is 5.69 Å². The van der Waals surface area contributed by atoms with Crippen molar-refractivity contribution < 1.29 is 12.8 Å². The molecule has 1 aromatic heterocycles. The molecule has 2 rings (SSSR count). The summed E-state index contributed by atoms with van der Waals surface area (Å²) in [6, 6.07) is 4.20. The molecule has 10 heteroatoms. The maximum Gasteiger partial charge on any atom is 0.210 e. The lowest BCUT2D eigenvalue weighted by molar-refractivity contribution is 0.597. The second kappa shape index (κ2) is 5.28. The number of halogens is 1. The molecule has 0 atom stereocenters. The highest BCUT2D eigenvalue weighted by Crippen LogP contribution is 2.17. The van der Waals surface area contributed by atoms with Gasteiger partial charge in [0.2, 0.25) is 10.0 Å². The van der Waals surface area contributed by atoms with Crippen molar-refractivity contribution in [3.8, 4) is 5.69 Å². The number of hydrogen-bond acceptors (Lipinski definition) is 6. The number of nitrogens with zero attached hydrogens (tertiary/aromatic N) is 4.